The summed E-state index contributed by atoms with van der Waals surface area (Å²) >= 11 is 1.63. The van der Waals surface area contributed by atoms with Gasteiger partial charge in [0, 0.05) is 5.71 Å². The molecule has 0 aliphatic carbocycles. The van der Waals surface area contributed by atoms with E-state index in [4.69, 9.17) is 0 Å². The third-order valence-electron chi connectivity index (χ3n) is 3.35. The third-order valence-corrected chi connectivity index (χ3v) is 4.27. The quantitative estimate of drug-likeness (QED) is 0.533. The number of benzene rings is 2. The van der Waals surface area contributed by atoms with Crippen molar-refractivity contribution >= 4 is 32.4 Å². The van der Waals surface area contributed by atoms with Crippen LogP contribution in [-0.4, -0.2) is 10.7 Å². The monoisotopic (exact) mass is 295 g/mol. The summed E-state index contributed by atoms with van der Waals surface area (Å²) < 4.78 is 1.17. The van der Waals surface area contributed by atoms with Gasteiger partial charge in [0.25, 0.3) is 0 Å². The molecule has 3 aromatic rings. The highest BCUT2D eigenvalue weighted by atomic mass is 32.1. The first-order valence-electron chi connectivity index (χ1n) is 7.01. The van der Waals surface area contributed by atoms with Crippen LogP contribution in [0.3, 0.4) is 0 Å². The molecule has 0 fully saturated rings. The lowest BCUT2D eigenvalue weighted by Gasteiger charge is -2.00. The molecule has 1 heterocycles. The van der Waals surface area contributed by atoms with E-state index in [1.807, 2.05) is 13.0 Å². The highest BCUT2D eigenvalue weighted by Gasteiger charge is 2.05. The van der Waals surface area contributed by atoms with Crippen LogP contribution in [0.25, 0.3) is 21.3 Å². The summed E-state index contributed by atoms with van der Waals surface area (Å²) in [7, 11) is 0. The van der Waals surface area contributed by atoms with E-state index >= 15 is 0 Å². The molecule has 0 atom stereocenters. The Hall–Kier alpha value is -2.20. The summed E-state index contributed by atoms with van der Waals surface area (Å²) in [6, 6.07) is 16.8. The van der Waals surface area contributed by atoms with Gasteiger partial charge in [-0.05, 0) is 36.6 Å². The van der Waals surface area contributed by atoms with Gasteiger partial charge >= 0.3 is 0 Å². The van der Waals surface area contributed by atoms with Crippen molar-refractivity contribution in [1.82, 2.24) is 4.98 Å². The SMILES string of the molecule is CC/C(C)=N/Nc1nc2ccc(-c3ccccc3)cc2s1. The highest BCUT2D eigenvalue weighted by Crippen LogP contribution is 2.30. The summed E-state index contributed by atoms with van der Waals surface area (Å²) in [4.78, 5) is 4.55. The molecule has 3 nitrogen and oxygen atoms in total. The number of anilines is 1. The Morgan fingerprint density at radius 2 is 1.95 bits per heavy atom. The van der Waals surface area contributed by atoms with E-state index < -0.39 is 0 Å². The predicted molar refractivity (Wildman–Crippen MR) is 92.1 cm³/mol. The van der Waals surface area contributed by atoms with E-state index in [0.29, 0.717) is 0 Å². The lowest BCUT2D eigenvalue weighted by atomic mass is 10.1. The van der Waals surface area contributed by atoms with E-state index in [-0.39, 0.29) is 0 Å². The molecule has 0 aliphatic heterocycles. The predicted octanol–water partition coefficient (Wildman–Crippen LogP) is 5.16. The Balaban J connectivity index is 1.92. The van der Waals surface area contributed by atoms with E-state index in [2.05, 4.69) is 64.9 Å². The molecule has 1 N–H and O–H groups in total. The van der Waals surface area contributed by atoms with Gasteiger partial charge in [-0.1, -0.05) is 54.7 Å². The number of hydrogen-bond donors (Lipinski definition) is 1. The van der Waals surface area contributed by atoms with Crippen molar-refractivity contribution in [3.63, 3.8) is 0 Å². The van der Waals surface area contributed by atoms with Crippen molar-refractivity contribution in [1.29, 1.82) is 0 Å². The normalized spacial score (nSPS) is 11.8. The number of hydrazone groups is 1. The minimum Gasteiger partial charge on any atom is -0.253 e. The fourth-order valence-electron chi connectivity index (χ4n) is 2.00. The molecule has 0 amide bonds. The van der Waals surface area contributed by atoms with Crippen molar-refractivity contribution in [2.75, 3.05) is 5.43 Å². The van der Waals surface area contributed by atoms with E-state index in [1.165, 1.54) is 15.8 Å². The standard InChI is InChI=1S/C17H17N3S/c1-3-12(2)19-20-17-18-15-10-9-14(11-16(15)21-17)13-7-5-4-6-8-13/h4-11H,3H2,1-2H3,(H,18,20)/b19-12+. The summed E-state index contributed by atoms with van der Waals surface area (Å²) in [5.74, 6) is 0. The number of fused-ring (bicyclic) bond motifs is 1. The second kappa shape index (κ2) is 6.06. The minimum atomic E-state index is 0.836. The van der Waals surface area contributed by atoms with E-state index in [9.17, 15) is 0 Å². The van der Waals surface area contributed by atoms with Gasteiger partial charge in [0.1, 0.15) is 0 Å². The topological polar surface area (TPSA) is 37.3 Å². The van der Waals surface area contributed by atoms with Gasteiger partial charge in [-0.2, -0.15) is 5.10 Å². The fraction of sp³-hybridized carbons (Fsp3) is 0.176. The summed E-state index contributed by atoms with van der Waals surface area (Å²) in [6.07, 6.45) is 0.941. The van der Waals surface area contributed by atoms with Crippen molar-refractivity contribution in [3.8, 4) is 11.1 Å². The van der Waals surface area contributed by atoms with Crippen LogP contribution < -0.4 is 5.43 Å². The van der Waals surface area contributed by atoms with Gasteiger partial charge in [0.15, 0.2) is 0 Å². The van der Waals surface area contributed by atoms with Crippen LogP contribution in [0.2, 0.25) is 0 Å². The average molecular weight is 295 g/mol. The Morgan fingerprint density at radius 3 is 2.71 bits per heavy atom. The van der Waals surface area contributed by atoms with Crippen molar-refractivity contribution in [2.24, 2.45) is 5.10 Å². The molecule has 4 heteroatoms. The Labute approximate surface area is 128 Å². The molecule has 0 bridgehead atoms. The maximum atomic E-state index is 4.55. The average Bonchev–Trinajstić information content (AvgIpc) is 2.95. The zero-order chi connectivity index (χ0) is 14.7. The molecule has 0 saturated carbocycles. The first kappa shape index (κ1) is 13.8. The maximum absolute atomic E-state index is 4.55. The minimum absolute atomic E-state index is 0.836. The van der Waals surface area contributed by atoms with Gasteiger partial charge < -0.3 is 0 Å². The van der Waals surface area contributed by atoms with Gasteiger partial charge in [-0.25, -0.2) is 4.98 Å². The van der Waals surface area contributed by atoms with Crippen molar-refractivity contribution in [3.05, 3.63) is 48.5 Å². The lowest BCUT2D eigenvalue weighted by Crippen LogP contribution is -1.94. The zero-order valence-electron chi connectivity index (χ0n) is 12.1. The molecule has 2 aromatic carbocycles. The number of thiazole rings is 1. The molecule has 3 rings (SSSR count). The second-order valence-corrected chi connectivity index (χ2v) is 5.91. The lowest BCUT2D eigenvalue weighted by molar-refractivity contribution is 1.20. The van der Waals surface area contributed by atoms with E-state index in [0.717, 1.165) is 22.8 Å². The smallest absolute Gasteiger partial charge is 0.204 e. The van der Waals surface area contributed by atoms with Crippen molar-refractivity contribution < 1.29 is 0 Å². The number of rotatable bonds is 4. The van der Waals surface area contributed by atoms with E-state index in [1.54, 1.807) is 11.3 Å². The molecule has 0 spiro atoms. The first-order chi connectivity index (χ1) is 10.3. The molecule has 1 aromatic heterocycles. The molecule has 21 heavy (non-hydrogen) atoms. The Bertz CT molecular complexity index is 775. The maximum Gasteiger partial charge on any atom is 0.204 e. The largest absolute Gasteiger partial charge is 0.253 e. The van der Waals surface area contributed by atoms with Crippen LogP contribution in [-0.2, 0) is 0 Å². The molecule has 0 unspecified atom stereocenters. The Morgan fingerprint density at radius 1 is 1.14 bits per heavy atom. The van der Waals surface area contributed by atoms with Crippen molar-refractivity contribution in [2.45, 2.75) is 20.3 Å². The molecule has 0 aliphatic rings. The number of aromatic nitrogens is 1. The summed E-state index contributed by atoms with van der Waals surface area (Å²) in [6.45, 7) is 4.10. The number of nitrogens with zero attached hydrogens (tertiary/aromatic N) is 2. The van der Waals surface area contributed by atoms with Gasteiger partial charge in [0.2, 0.25) is 5.13 Å². The summed E-state index contributed by atoms with van der Waals surface area (Å²) in [5, 5.41) is 5.14. The number of hydrogen-bond acceptors (Lipinski definition) is 4. The van der Waals surface area contributed by atoms with Crippen LogP contribution in [0.5, 0.6) is 0 Å². The fourth-order valence-corrected chi connectivity index (χ4v) is 2.85. The zero-order valence-corrected chi connectivity index (χ0v) is 12.9. The first-order valence-corrected chi connectivity index (χ1v) is 7.83. The second-order valence-electron chi connectivity index (χ2n) is 4.88. The highest BCUT2D eigenvalue weighted by molar-refractivity contribution is 7.22. The molecule has 0 saturated heterocycles. The van der Waals surface area contributed by atoms with Crippen LogP contribution in [0.4, 0.5) is 5.13 Å². The number of nitrogens with one attached hydrogen (secondary N) is 1. The summed E-state index contributed by atoms with van der Waals surface area (Å²) in [5.41, 5.74) is 7.55. The van der Waals surface area contributed by atoms with Crippen LogP contribution in [0, 0.1) is 0 Å². The van der Waals surface area contributed by atoms with Crippen LogP contribution in [0.1, 0.15) is 20.3 Å². The molecule has 106 valence electrons. The molecular formula is C17H17N3S. The molecule has 0 radical (unpaired) electrons. The van der Waals surface area contributed by atoms with Crippen LogP contribution in [0.15, 0.2) is 53.6 Å². The van der Waals surface area contributed by atoms with Gasteiger partial charge in [-0.3, -0.25) is 5.43 Å². The van der Waals surface area contributed by atoms with Gasteiger partial charge in [-0.15, -0.1) is 0 Å². The third kappa shape index (κ3) is 3.11. The molecular weight excluding hydrogens is 278 g/mol. The van der Waals surface area contributed by atoms with Gasteiger partial charge in [0.05, 0.1) is 10.2 Å². The Kier molecular flexibility index (Phi) is 3.97. The van der Waals surface area contributed by atoms with Crippen LogP contribution >= 0.6 is 11.3 Å².